The molecule has 6 heteroatoms. The molecule has 0 amide bonds. The van der Waals surface area contributed by atoms with E-state index >= 15 is 0 Å². The van der Waals surface area contributed by atoms with Gasteiger partial charge in [0.05, 0.1) is 5.02 Å². The highest BCUT2D eigenvalue weighted by molar-refractivity contribution is 6.35. The number of hydrogen-bond donors (Lipinski definition) is 3. The minimum absolute atomic E-state index is 0.340. The summed E-state index contributed by atoms with van der Waals surface area (Å²) in [5, 5.41) is 3.89. The van der Waals surface area contributed by atoms with E-state index in [2.05, 4.69) is 10.3 Å². The highest BCUT2D eigenvalue weighted by atomic mass is 35.5. The summed E-state index contributed by atoms with van der Waals surface area (Å²) in [5.41, 5.74) is 12.3. The molecular formula is C10H10Cl2N4. The standard InChI is InChI=1S/C10H10Cl2N4/c11-6-1-2-7(8(12)5-6)10(14)15-4-3-9(13)16-10/h1-5,15H,14H2,(H2,13,16). The third-order valence-corrected chi connectivity index (χ3v) is 2.75. The van der Waals surface area contributed by atoms with E-state index < -0.39 is 5.79 Å². The van der Waals surface area contributed by atoms with Crippen LogP contribution in [0.1, 0.15) is 5.56 Å². The number of amidine groups is 1. The van der Waals surface area contributed by atoms with E-state index in [-0.39, 0.29) is 0 Å². The van der Waals surface area contributed by atoms with E-state index in [0.717, 1.165) is 0 Å². The number of rotatable bonds is 1. The minimum Gasteiger partial charge on any atom is -0.384 e. The van der Waals surface area contributed by atoms with Gasteiger partial charge in [0.15, 0.2) is 0 Å². The molecule has 2 rings (SSSR count). The monoisotopic (exact) mass is 256 g/mol. The fourth-order valence-electron chi connectivity index (χ4n) is 1.46. The van der Waals surface area contributed by atoms with Crippen molar-refractivity contribution < 1.29 is 0 Å². The molecule has 1 aromatic carbocycles. The molecule has 1 unspecified atom stereocenters. The average molecular weight is 257 g/mol. The fourth-order valence-corrected chi connectivity index (χ4v) is 2.02. The van der Waals surface area contributed by atoms with E-state index in [1.807, 2.05) is 0 Å². The highest BCUT2D eigenvalue weighted by Crippen LogP contribution is 2.29. The van der Waals surface area contributed by atoms with Crippen LogP contribution in [0.4, 0.5) is 0 Å². The zero-order chi connectivity index (χ0) is 11.8. The van der Waals surface area contributed by atoms with Crippen LogP contribution >= 0.6 is 23.2 Å². The summed E-state index contributed by atoms with van der Waals surface area (Å²) >= 11 is 11.9. The SMILES string of the molecule is NC1=NC(N)(c2ccc(Cl)cc2Cl)NC=C1. The second-order valence-electron chi connectivity index (χ2n) is 3.40. The van der Waals surface area contributed by atoms with Crippen LogP contribution in [0.25, 0.3) is 0 Å². The van der Waals surface area contributed by atoms with Gasteiger partial charge in [-0.15, -0.1) is 0 Å². The molecule has 1 aromatic rings. The molecule has 4 nitrogen and oxygen atoms in total. The van der Waals surface area contributed by atoms with Crippen molar-refractivity contribution in [2.45, 2.75) is 5.79 Å². The van der Waals surface area contributed by atoms with Crippen molar-refractivity contribution in [1.29, 1.82) is 0 Å². The van der Waals surface area contributed by atoms with Gasteiger partial charge in [-0.05, 0) is 18.2 Å². The Morgan fingerprint density at radius 3 is 2.69 bits per heavy atom. The second kappa shape index (κ2) is 3.97. The van der Waals surface area contributed by atoms with Crippen molar-refractivity contribution in [2.75, 3.05) is 0 Å². The summed E-state index contributed by atoms with van der Waals surface area (Å²) in [6.45, 7) is 0. The van der Waals surface area contributed by atoms with Crippen molar-refractivity contribution in [3.63, 3.8) is 0 Å². The quantitative estimate of drug-likeness (QED) is 0.714. The van der Waals surface area contributed by atoms with Crippen molar-refractivity contribution in [1.82, 2.24) is 5.32 Å². The summed E-state index contributed by atoms with van der Waals surface area (Å²) in [6, 6.07) is 5.02. The third kappa shape index (κ3) is 2.00. The zero-order valence-corrected chi connectivity index (χ0v) is 9.76. The van der Waals surface area contributed by atoms with Gasteiger partial charge in [0.1, 0.15) is 5.84 Å². The van der Waals surface area contributed by atoms with E-state index in [9.17, 15) is 0 Å². The van der Waals surface area contributed by atoms with Gasteiger partial charge >= 0.3 is 0 Å². The number of nitrogens with zero attached hydrogens (tertiary/aromatic N) is 1. The molecule has 16 heavy (non-hydrogen) atoms. The summed E-state index contributed by atoms with van der Waals surface area (Å²) in [6.07, 6.45) is 3.25. The Bertz CT molecular complexity index is 484. The Hall–Kier alpha value is -1.23. The van der Waals surface area contributed by atoms with Gasteiger partial charge in [0, 0.05) is 16.8 Å². The van der Waals surface area contributed by atoms with Gasteiger partial charge in [-0.1, -0.05) is 29.3 Å². The van der Waals surface area contributed by atoms with Gasteiger partial charge in [-0.3, -0.25) is 5.73 Å². The lowest BCUT2D eigenvalue weighted by atomic mass is 10.1. The zero-order valence-electron chi connectivity index (χ0n) is 8.24. The molecule has 5 N–H and O–H groups in total. The second-order valence-corrected chi connectivity index (χ2v) is 4.25. The maximum Gasteiger partial charge on any atom is 0.212 e. The number of hydrogen-bond acceptors (Lipinski definition) is 4. The lowest BCUT2D eigenvalue weighted by Gasteiger charge is -2.29. The van der Waals surface area contributed by atoms with Crippen LogP contribution in [0, 0.1) is 0 Å². The molecule has 0 bridgehead atoms. The molecule has 0 aliphatic carbocycles. The van der Waals surface area contributed by atoms with Crippen molar-refractivity contribution >= 4 is 29.0 Å². The first kappa shape index (κ1) is 11.3. The maximum absolute atomic E-state index is 6.06. The van der Waals surface area contributed by atoms with Crippen LogP contribution in [-0.2, 0) is 5.79 Å². The van der Waals surface area contributed by atoms with Crippen LogP contribution in [0.15, 0.2) is 35.5 Å². The molecule has 0 spiro atoms. The van der Waals surface area contributed by atoms with E-state index in [1.165, 1.54) is 0 Å². The Morgan fingerprint density at radius 2 is 2.06 bits per heavy atom. The van der Waals surface area contributed by atoms with Gasteiger partial charge in [0.25, 0.3) is 0 Å². The minimum atomic E-state index is -1.14. The first-order chi connectivity index (χ1) is 7.51. The molecule has 0 saturated heterocycles. The van der Waals surface area contributed by atoms with Crippen LogP contribution < -0.4 is 16.8 Å². The Labute approximate surface area is 103 Å². The largest absolute Gasteiger partial charge is 0.384 e. The topological polar surface area (TPSA) is 76.4 Å². The Kier molecular flexibility index (Phi) is 2.80. The smallest absolute Gasteiger partial charge is 0.212 e. The van der Waals surface area contributed by atoms with Crippen molar-refractivity contribution in [3.05, 3.63) is 46.1 Å². The van der Waals surface area contributed by atoms with Gasteiger partial charge in [0.2, 0.25) is 5.79 Å². The summed E-state index contributed by atoms with van der Waals surface area (Å²) in [4.78, 5) is 4.12. The molecule has 0 aromatic heterocycles. The summed E-state index contributed by atoms with van der Waals surface area (Å²) in [7, 11) is 0. The lowest BCUT2D eigenvalue weighted by molar-refractivity contribution is 0.410. The van der Waals surface area contributed by atoms with Crippen LogP contribution in [0.2, 0.25) is 10.0 Å². The molecular weight excluding hydrogens is 247 g/mol. The number of nitrogens with one attached hydrogen (secondary N) is 1. The molecule has 1 aliphatic rings. The average Bonchev–Trinajstić information content (AvgIpc) is 2.16. The van der Waals surface area contributed by atoms with Gasteiger partial charge in [-0.2, -0.15) is 0 Å². The van der Waals surface area contributed by atoms with Crippen molar-refractivity contribution in [2.24, 2.45) is 16.5 Å². The van der Waals surface area contributed by atoms with Crippen LogP contribution in [-0.4, -0.2) is 5.84 Å². The highest BCUT2D eigenvalue weighted by Gasteiger charge is 2.29. The third-order valence-electron chi connectivity index (χ3n) is 2.20. The summed E-state index contributed by atoms with van der Waals surface area (Å²) < 4.78 is 0. The Balaban J connectivity index is 2.48. The van der Waals surface area contributed by atoms with Crippen molar-refractivity contribution in [3.8, 4) is 0 Å². The summed E-state index contributed by atoms with van der Waals surface area (Å²) in [5.74, 6) is -0.798. The molecule has 0 radical (unpaired) electrons. The first-order valence-corrected chi connectivity index (χ1v) is 5.31. The molecule has 1 atom stereocenters. The lowest BCUT2D eigenvalue weighted by Crippen LogP contribution is -2.49. The maximum atomic E-state index is 6.06. The van der Waals surface area contributed by atoms with Crippen LogP contribution in [0.5, 0.6) is 0 Å². The first-order valence-electron chi connectivity index (χ1n) is 4.55. The van der Waals surface area contributed by atoms with Crippen LogP contribution in [0.3, 0.4) is 0 Å². The van der Waals surface area contributed by atoms with E-state index in [4.69, 9.17) is 34.7 Å². The molecule has 84 valence electrons. The predicted octanol–water partition coefficient (Wildman–Crippen LogP) is 1.54. The Morgan fingerprint density at radius 1 is 1.31 bits per heavy atom. The predicted molar refractivity (Wildman–Crippen MR) is 66.2 cm³/mol. The van der Waals surface area contributed by atoms with Gasteiger partial charge < -0.3 is 11.1 Å². The number of aliphatic imine (C=N–C) groups is 1. The number of nitrogens with two attached hydrogens (primary N) is 2. The molecule has 1 heterocycles. The number of benzene rings is 1. The van der Waals surface area contributed by atoms with E-state index in [1.54, 1.807) is 30.5 Å². The molecule has 1 aliphatic heterocycles. The normalized spacial score (nSPS) is 23.8. The molecule has 0 saturated carbocycles. The fraction of sp³-hybridized carbons (Fsp3) is 0.100. The molecule has 0 fully saturated rings. The number of halogens is 2. The van der Waals surface area contributed by atoms with Gasteiger partial charge in [-0.25, -0.2) is 4.99 Å². The van der Waals surface area contributed by atoms with E-state index in [0.29, 0.717) is 21.4 Å².